The van der Waals surface area contributed by atoms with Crippen LogP contribution in [0.1, 0.15) is 47.4 Å². The number of aromatic nitrogens is 1. The summed E-state index contributed by atoms with van der Waals surface area (Å²) in [5.41, 5.74) is 5.31. The Kier molecular flexibility index (Phi) is 4.61. The van der Waals surface area contributed by atoms with E-state index in [9.17, 15) is 9.59 Å². The van der Waals surface area contributed by atoms with Crippen LogP contribution in [-0.4, -0.2) is 39.2 Å². The molecule has 2 aromatic carbocycles. The number of carbonyl (C=O) groups excluding carboxylic acids is 2. The van der Waals surface area contributed by atoms with E-state index < -0.39 is 6.04 Å². The molecule has 0 radical (unpaired) electrons. The monoisotopic (exact) mass is 401 g/mol. The zero-order valence-electron chi connectivity index (χ0n) is 17.5. The number of nitrogens with one attached hydrogen (secondary N) is 1. The Morgan fingerprint density at radius 2 is 1.83 bits per heavy atom. The third kappa shape index (κ3) is 3.09. The van der Waals surface area contributed by atoms with Crippen molar-refractivity contribution in [3.05, 3.63) is 70.9 Å². The van der Waals surface area contributed by atoms with Crippen LogP contribution in [0.4, 0.5) is 0 Å². The van der Waals surface area contributed by atoms with Crippen LogP contribution in [0, 0.1) is 5.92 Å². The number of aromatic amines is 1. The molecule has 1 aromatic heterocycles. The molecule has 5 nitrogen and oxygen atoms in total. The van der Waals surface area contributed by atoms with E-state index in [0.29, 0.717) is 32.0 Å². The summed E-state index contributed by atoms with van der Waals surface area (Å²) in [5, 5.41) is 1.19. The van der Waals surface area contributed by atoms with E-state index in [0.717, 1.165) is 23.1 Å². The zero-order valence-corrected chi connectivity index (χ0v) is 17.5. The molecule has 0 unspecified atom stereocenters. The van der Waals surface area contributed by atoms with Crippen molar-refractivity contribution in [3.63, 3.8) is 0 Å². The lowest BCUT2D eigenvalue weighted by Crippen LogP contribution is -2.50. The summed E-state index contributed by atoms with van der Waals surface area (Å²) in [5.74, 6) is 0.374. The summed E-state index contributed by atoms with van der Waals surface area (Å²) < 4.78 is 0. The highest BCUT2D eigenvalue weighted by Gasteiger charge is 2.39. The van der Waals surface area contributed by atoms with Crippen LogP contribution in [0.15, 0.2) is 48.5 Å². The molecular formula is C25H27N3O2. The second-order valence-electron chi connectivity index (χ2n) is 8.87. The Labute approximate surface area is 176 Å². The third-order valence-electron chi connectivity index (χ3n) is 6.40. The highest BCUT2D eigenvalue weighted by atomic mass is 16.2. The first-order valence-corrected chi connectivity index (χ1v) is 10.8. The van der Waals surface area contributed by atoms with E-state index in [2.05, 4.69) is 31.0 Å². The minimum absolute atomic E-state index is 0.0191. The van der Waals surface area contributed by atoms with Crippen LogP contribution in [0.5, 0.6) is 0 Å². The van der Waals surface area contributed by atoms with Gasteiger partial charge in [0.1, 0.15) is 6.04 Å². The number of carbonyl (C=O) groups is 2. The van der Waals surface area contributed by atoms with Crippen LogP contribution in [0.3, 0.4) is 0 Å². The summed E-state index contributed by atoms with van der Waals surface area (Å²) >= 11 is 0. The number of rotatable bonds is 4. The lowest BCUT2D eigenvalue weighted by atomic mass is 9.98. The molecule has 2 aliphatic rings. The number of nitrogens with zero attached hydrogens (tertiary/aromatic N) is 2. The van der Waals surface area contributed by atoms with Gasteiger partial charge in [0.2, 0.25) is 5.91 Å². The number of benzene rings is 2. The Bertz CT molecular complexity index is 1130. The summed E-state index contributed by atoms with van der Waals surface area (Å²) in [6.07, 6.45) is 1.49. The number of hydrogen-bond acceptors (Lipinski definition) is 2. The fourth-order valence-corrected chi connectivity index (χ4v) is 4.90. The molecule has 3 aromatic rings. The molecule has 5 heteroatoms. The molecule has 1 N–H and O–H groups in total. The Balaban J connectivity index is 1.43. The van der Waals surface area contributed by atoms with Gasteiger partial charge in [0.15, 0.2) is 0 Å². The SMILES string of the molecule is CC(C)C[C@@H](C(=O)N1CCc2[nH]c3ccccc3c2C1)N1Cc2ccccc2C1=O. The van der Waals surface area contributed by atoms with Gasteiger partial charge in [-0.05, 0) is 30.0 Å². The van der Waals surface area contributed by atoms with Gasteiger partial charge in [0, 0.05) is 53.8 Å². The highest BCUT2D eigenvalue weighted by Crippen LogP contribution is 2.31. The summed E-state index contributed by atoms with van der Waals surface area (Å²) in [6.45, 7) is 6.03. The second kappa shape index (κ2) is 7.31. The quantitative estimate of drug-likeness (QED) is 0.715. The van der Waals surface area contributed by atoms with Crippen molar-refractivity contribution in [2.24, 2.45) is 5.92 Å². The van der Waals surface area contributed by atoms with Crippen molar-refractivity contribution >= 4 is 22.7 Å². The molecule has 1 atom stereocenters. The second-order valence-corrected chi connectivity index (χ2v) is 8.87. The lowest BCUT2D eigenvalue weighted by Gasteiger charge is -2.35. The summed E-state index contributed by atoms with van der Waals surface area (Å²) in [7, 11) is 0. The average molecular weight is 402 g/mol. The maximum Gasteiger partial charge on any atom is 0.255 e. The van der Waals surface area contributed by atoms with Crippen LogP contribution >= 0.6 is 0 Å². The van der Waals surface area contributed by atoms with E-state index in [-0.39, 0.29) is 11.8 Å². The Hall–Kier alpha value is -3.08. The van der Waals surface area contributed by atoms with Crippen molar-refractivity contribution in [1.82, 2.24) is 14.8 Å². The van der Waals surface area contributed by atoms with Crippen LogP contribution in [0.2, 0.25) is 0 Å². The van der Waals surface area contributed by atoms with Gasteiger partial charge in [-0.2, -0.15) is 0 Å². The van der Waals surface area contributed by atoms with Gasteiger partial charge >= 0.3 is 0 Å². The number of H-pyrrole nitrogens is 1. The predicted molar refractivity (Wildman–Crippen MR) is 117 cm³/mol. The normalized spacial score (nSPS) is 16.8. The average Bonchev–Trinajstić information content (AvgIpc) is 3.29. The first kappa shape index (κ1) is 18.9. The smallest absolute Gasteiger partial charge is 0.255 e. The summed E-state index contributed by atoms with van der Waals surface area (Å²) in [6, 6.07) is 15.6. The number of fused-ring (bicyclic) bond motifs is 4. The lowest BCUT2D eigenvalue weighted by molar-refractivity contribution is -0.137. The number of hydrogen-bond donors (Lipinski definition) is 1. The van der Waals surface area contributed by atoms with Crippen molar-refractivity contribution in [1.29, 1.82) is 0 Å². The van der Waals surface area contributed by atoms with Gasteiger partial charge in [-0.15, -0.1) is 0 Å². The third-order valence-corrected chi connectivity index (χ3v) is 6.40. The molecule has 0 spiro atoms. The molecule has 5 rings (SSSR count). The van der Waals surface area contributed by atoms with E-state index >= 15 is 0 Å². The molecule has 0 saturated heterocycles. The van der Waals surface area contributed by atoms with E-state index in [1.54, 1.807) is 4.90 Å². The van der Waals surface area contributed by atoms with Gasteiger partial charge in [0.25, 0.3) is 5.91 Å². The molecule has 3 heterocycles. The fraction of sp³-hybridized carbons (Fsp3) is 0.360. The van der Waals surface area contributed by atoms with E-state index in [1.807, 2.05) is 41.3 Å². The van der Waals surface area contributed by atoms with E-state index in [4.69, 9.17) is 0 Å². The first-order valence-electron chi connectivity index (χ1n) is 10.8. The molecular weight excluding hydrogens is 374 g/mol. The maximum atomic E-state index is 13.7. The van der Waals surface area contributed by atoms with Crippen LogP contribution in [0.25, 0.3) is 10.9 Å². The molecule has 2 aliphatic heterocycles. The first-order chi connectivity index (χ1) is 14.5. The van der Waals surface area contributed by atoms with Gasteiger partial charge in [0.05, 0.1) is 0 Å². The zero-order chi connectivity index (χ0) is 20.8. The van der Waals surface area contributed by atoms with Gasteiger partial charge < -0.3 is 14.8 Å². The molecule has 0 aliphatic carbocycles. The fourth-order valence-electron chi connectivity index (χ4n) is 4.90. The largest absolute Gasteiger partial charge is 0.358 e. The Morgan fingerprint density at radius 3 is 2.63 bits per heavy atom. The molecule has 2 amide bonds. The van der Waals surface area contributed by atoms with Crippen molar-refractivity contribution in [2.45, 2.75) is 45.8 Å². The van der Waals surface area contributed by atoms with Gasteiger partial charge in [-0.25, -0.2) is 0 Å². The molecule has 0 bridgehead atoms. The van der Waals surface area contributed by atoms with Gasteiger partial charge in [-0.1, -0.05) is 50.2 Å². The van der Waals surface area contributed by atoms with Crippen LogP contribution in [-0.2, 0) is 24.3 Å². The topological polar surface area (TPSA) is 56.4 Å². The molecule has 154 valence electrons. The Morgan fingerprint density at radius 1 is 1.07 bits per heavy atom. The van der Waals surface area contributed by atoms with Crippen molar-refractivity contribution in [2.75, 3.05) is 6.54 Å². The van der Waals surface area contributed by atoms with Crippen molar-refractivity contribution < 1.29 is 9.59 Å². The minimum atomic E-state index is -0.420. The standard InChI is InChI=1S/C25H27N3O2/c1-16(2)13-23(28-14-17-7-3-4-8-18(17)24(28)29)25(30)27-12-11-22-20(15-27)19-9-5-6-10-21(19)26-22/h3-10,16,23,26H,11-15H2,1-2H3/t23-/m0/s1. The molecule has 0 fully saturated rings. The summed E-state index contributed by atoms with van der Waals surface area (Å²) in [4.78, 5) is 34.0. The highest BCUT2D eigenvalue weighted by molar-refractivity contribution is 6.01. The van der Waals surface area contributed by atoms with Crippen LogP contribution < -0.4 is 0 Å². The number of amides is 2. The predicted octanol–water partition coefficient (Wildman–Crippen LogP) is 4.12. The minimum Gasteiger partial charge on any atom is -0.358 e. The number of para-hydroxylation sites is 1. The van der Waals surface area contributed by atoms with Gasteiger partial charge in [-0.3, -0.25) is 9.59 Å². The maximum absolute atomic E-state index is 13.7. The molecule has 0 saturated carbocycles. The van der Waals surface area contributed by atoms with E-state index in [1.165, 1.54) is 16.6 Å². The van der Waals surface area contributed by atoms with Crippen molar-refractivity contribution in [3.8, 4) is 0 Å². The molecule has 30 heavy (non-hydrogen) atoms.